The maximum absolute atomic E-state index is 13.1. The maximum atomic E-state index is 13.1. The van der Waals surface area contributed by atoms with Gasteiger partial charge in [0.25, 0.3) is 0 Å². The first-order valence-corrected chi connectivity index (χ1v) is 13.7. The van der Waals surface area contributed by atoms with Crippen molar-refractivity contribution in [1.82, 2.24) is 14.8 Å². The second kappa shape index (κ2) is 12.7. The predicted molar refractivity (Wildman–Crippen MR) is 136 cm³/mol. The summed E-state index contributed by atoms with van der Waals surface area (Å²) in [6, 6.07) is -0.362. The summed E-state index contributed by atoms with van der Waals surface area (Å²) in [6.45, 7) is 7.70. The second-order valence-corrected chi connectivity index (χ2v) is 10.5. The average Bonchev–Trinajstić information content (AvgIpc) is 3.39. The molecule has 3 heterocycles. The van der Waals surface area contributed by atoms with Gasteiger partial charge in [-0.15, -0.1) is 11.3 Å². The summed E-state index contributed by atoms with van der Waals surface area (Å²) in [7, 11) is 0. The number of hydrogen-bond acceptors (Lipinski definition) is 10. The third kappa shape index (κ3) is 5.77. The fraction of sp³-hybridized carbons (Fsp3) is 0.583. The van der Waals surface area contributed by atoms with Gasteiger partial charge in [-0.2, -0.15) is 0 Å². The van der Waals surface area contributed by atoms with Crippen LogP contribution in [0.3, 0.4) is 0 Å². The fourth-order valence-corrected chi connectivity index (χ4v) is 6.28. The molecule has 1 fully saturated rings. The molecule has 2 N–H and O–H groups in total. The summed E-state index contributed by atoms with van der Waals surface area (Å²) in [4.78, 5) is 46.7. The number of β-lactam (4-membered cyclic amide) rings is 1. The third-order valence-corrected chi connectivity index (χ3v) is 8.08. The molecule has 2 amide bonds. The number of amides is 2. The molecule has 0 saturated carbocycles. The first-order chi connectivity index (χ1) is 17.3. The van der Waals surface area contributed by atoms with Crippen LogP contribution in [0.5, 0.6) is 0 Å². The van der Waals surface area contributed by atoms with Crippen molar-refractivity contribution < 1.29 is 34.1 Å². The Morgan fingerprint density at radius 1 is 1.31 bits per heavy atom. The van der Waals surface area contributed by atoms with Crippen molar-refractivity contribution in [3.63, 3.8) is 0 Å². The van der Waals surface area contributed by atoms with Gasteiger partial charge in [-0.3, -0.25) is 4.79 Å². The molecule has 4 atom stereocenters. The molecule has 0 bridgehead atoms. The molecule has 12 heteroatoms. The number of carbonyl (C=O) groups excluding carboxylic acids is 3. The van der Waals surface area contributed by atoms with E-state index in [4.69, 9.17) is 9.47 Å². The average molecular weight is 540 g/mol. The van der Waals surface area contributed by atoms with Crippen molar-refractivity contribution in [3.8, 4) is 0 Å². The highest BCUT2D eigenvalue weighted by molar-refractivity contribution is 8.06. The fourth-order valence-electron chi connectivity index (χ4n) is 4.50. The number of aromatic nitrogens is 1. The van der Waals surface area contributed by atoms with Crippen LogP contribution >= 0.6 is 23.1 Å². The molecular weight excluding hydrogens is 506 g/mol. The van der Waals surface area contributed by atoms with Crippen LogP contribution in [0.15, 0.2) is 21.5 Å². The lowest BCUT2D eigenvalue weighted by Gasteiger charge is -2.46. The number of ether oxygens (including phenoxy) is 2. The highest BCUT2D eigenvalue weighted by atomic mass is 32.2. The lowest BCUT2D eigenvalue weighted by molar-refractivity contribution is -0.166. The number of thioether (sulfide) groups is 1. The van der Waals surface area contributed by atoms with E-state index >= 15 is 0 Å². The first-order valence-electron chi connectivity index (χ1n) is 12.0. The minimum Gasteiger partial charge on any atom is -0.423 e. The topological polar surface area (TPSA) is 130 Å². The van der Waals surface area contributed by atoms with E-state index in [0.717, 1.165) is 17.7 Å². The van der Waals surface area contributed by atoms with Crippen molar-refractivity contribution in [3.05, 3.63) is 32.1 Å². The molecule has 0 unspecified atom stereocenters. The summed E-state index contributed by atoms with van der Waals surface area (Å²) < 4.78 is 10.4. The van der Waals surface area contributed by atoms with E-state index in [1.165, 1.54) is 28.0 Å². The van der Waals surface area contributed by atoms with Gasteiger partial charge in [0.05, 0.1) is 40.8 Å². The maximum Gasteiger partial charge on any atom is 0.412 e. The Bertz CT molecular complexity index is 1020. The van der Waals surface area contributed by atoms with E-state index in [9.17, 15) is 24.6 Å². The van der Waals surface area contributed by atoms with Gasteiger partial charge in [-0.1, -0.05) is 32.5 Å². The highest BCUT2D eigenvalue weighted by Gasteiger charge is 2.60. The van der Waals surface area contributed by atoms with Crippen molar-refractivity contribution >= 4 is 47.1 Å². The second-order valence-electron chi connectivity index (χ2n) is 8.66. The minimum absolute atomic E-state index is 0.103. The molecule has 1 aromatic rings. The SMILES string of the molecule is CCCN(CCC)C(=O)OCOC(=O)C1=C(S/C=C\c2scnc2CO)[C@H](C)[C@@H]2[C@@H]([C@@H](C)O)C(=O)N12. The number of fused-ring (bicyclic) bond motifs is 1. The van der Waals surface area contributed by atoms with Crippen molar-refractivity contribution in [2.75, 3.05) is 19.9 Å². The van der Waals surface area contributed by atoms with E-state index in [2.05, 4.69) is 4.98 Å². The molecule has 1 aromatic heterocycles. The van der Waals surface area contributed by atoms with Gasteiger partial charge in [0.15, 0.2) is 0 Å². The van der Waals surface area contributed by atoms with Crippen molar-refractivity contribution in [1.29, 1.82) is 0 Å². The summed E-state index contributed by atoms with van der Waals surface area (Å²) in [5.74, 6) is -1.93. The monoisotopic (exact) mass is 539 g/mol. The highest BCUT2D eigenvalue weighted by Crippen LogP contribution is 2.51. The smallest absolute Gasteiger partial charge is 0.412 e. The molecule has 10 nitrogen and oxygen atoms in total. The lowest BCUT2D eigenvalue weighted by atomic mass is 9.79. The predicted octanol–water partition coefficient (Wildman–Crippen LogP) is 3.17. The quantitative estimate of drug-likeness (QED) is 0.234. The normalized spacial score (nSPS) is 22.0. The van der Waals surface area contributed by atoms with E-state index in [-0.39, 0.29) is 30.2 Å². The van der Waals surface area contributed by atoms with Crippen molar-refractivity contribution in [2.45, 2.75) is 59.3 Å². The number of thiazole rings is 1. The van der Waals surface area contributed by atoms with Gasteiger partial charge in [0, 0.05) is 23.9 Å². The van der Waals surface area contributed by atoms with Gasteiger partial charge < -0.3 is 29.5 Å². The largest absolute Gasteiger partial charge is 0.423 e. The van der Waals surface area contributed by atoms with Gasteiger partial charge in [-0.05, 0) is 31.2 Å². The van der Waals surface area contributed by atoms with Crippen LogP contribution in [0, 0.1) is 11.8 Å². The first kappa shape index (κ1) is 28.2. The number of aliphatic hydroxyl groups excluding tert-OH is 2. The molecule has 0 spiro atoms. The summed E-state index contributed by atoms with van der Waals surface area (Å²) in [5.41, 5.74) is 2.29. The molecule has 36 heavy (non-hydrogen) atoms. The lowest BCUT2D eigenvalue weighted by Crippen LogP contribution is -2.63. The number of hydrogen-bond donors (Lipinski definition) is 2. The molecule has 3 rings (SSSR count). The Morgan fingerprint density at radius 2 is 2.00 bits per heavy atom. The molecule has 2 aliphatic rings. The van der Waals surface area contributed by atoms with Crippen molar-refractivity contribution in [2.24, 2.45) is 11.8 Å². The Morgan fingerprint density at radius 3 is 2.61 bits per heavy atom. The Kier molecular flexibility index (Phi) is 9.94. The van der Waals surface area contributed by atoms with Crippen LogP contribution < -0.4 is 0 Å². The van der Waals surface area contributed by atoms with Gasteiger partial charge in [0.2, 0.25) is 12.7 Å². The number of rotatable bonds is 12. The molecule has 198 valence electrons. The number of nitrogens with zero attached hydrogens (tertiary/aromatic N) is 3. The van der Waals surface area contributed by atoms with Gasteiger partial charge >= 0.3 is 12.1 Å². The van der Waals surface area contributed by atoms with Crippen LogP contribution in [-0.4, -0.2) is 75.0 Å². The van der Waals surface area contributed by atoms with E-state index in [1.807, 2.05) is 20.8 Å². The van der Waals surface area contributed by atoms with E-state index < -0.39 is 30.9 Å². The summed E-state index contributed by atoms with van der Waals surface area (Å²) in [6.07, 6.45) is 1.93. The summed E-state index contributed by atoms with van der Waals surface area (Å²) in [5, 5.41) is 21.3. The zero-order valence-corrected chi connectivity index (χ0v) is 22.5. The van der Waals surface area contributed by atoms with Crippen LogP contribution in [0.2, 0.25) is 0 Å². The van der Waals surface area contributed by atoms with Crippen LogP contribution in [-0.2, 0) is 25.7 Å². The molecule has 0 aliphatic carbocycles. The number of esters is 1. The minimum atomic E-state index is -0.855. The zero-order valence-electron chi connectivity index (χ0n) is 20.9. The summed E-state index contributed by atoms with van der Waals surface area (Å²) >= 11 is 2.65. The molecule has 1 saturated heterocycles. The van der Waals surface area contributed by atoms with Crippen LogP contribution in [0.4, 0.5) is 4.79 Å². The Hall–Kier alpha value is -2.41. The number of carbonyl (C=O) groups is 3. The molecule has 0 radical (unpaired) electrons. The Balaban J connectivity index is 1.75. The molecular formula is C24H33N3O7S2. The third-order valence-electron chi connectivity index (χ3n) is 6.16. The van der Waals surface area contributed by atoms with Crippen LogP contribution in [0.25, 0.3) is 6.08 Å². The number of aliphatic hydroxyl groups is 2. The van der Waals surface area contributed by atoms with Gasteiger partial charge in [-0.25, -0.2) is 14.6 Å². The molecule has 0 aromatic carbocycles. The zero-order chi connectivity index (χ0) is 26.4. The van der Waals surface area contributed by atoms with Gasteiger partial charge in [0.1, 0.15) is 5.70 Å². The standard InChI is InChI=1S/C24H33N3O7S2/c1-5-8-26(9-6-2)24(32)34-13-33-23(31)20-21(35-10-7-17-16(11-28)25-12-36-17)14(3)19-18(15(4)29)22(30)27(19)20/h7,10,12,14-15,18-19,28-29H,5-6,8-9,11,13H2,1-4H3/b10-7-/t14-,15-,18-,19-/m1/s1. The Labute approximate surface area is 219 Å². The van der Waals surface area contributed by atoms with Crippen LogP contribution in [0.1, 0.15) is 51.1 Å². The van der Waals surface area contributed by atoms with E-state index in [0.29, 0.717) is 23.7 Å². The van der Waals surface area contributed by atoms with E-state index in [1.54, 1.807) is 28.8 Å². The molecule has 2 aliphatic heterocycles.